The number of hydrogen-bond donors (Lipinski definition) is 2. The molecule has 1 aromatic heterocycles. The molecule has 0 spiro atoms. The molecule has 0 aliphatic carbocycles. The predicted molar refractivity (Wildman–Crippen MR) is 131 cm³/mol. The van der Waals surface area contributed by atoms with Gasteiger partial charge in [0.05, 0.1) is 25.0 Å². The van der Waals surface area contributed by atoms with Gasteiger partial charge in [-0.2, -0.15) is 34.6 Å². The summed E-state index contributed by atoms with van der Waals surface area (Å²) in [5, 5.41) is 19.3. The molecule has 2 amide bonds. The Morgan fingerprint density at radius 3 is 2.46 bits per heavy atom. The molecular weight excluding hydrogens is 515 g/mol. The highest BCUT2D eigenvalue weighted by molar-refractivity contribution is 7.08. The van der Waals surface area contributed by atoms with Crippen molar-refractivity contribution in [3.8, 4) is 5.75 Å². The Hall–Kier alpha value is -3.45. The van der Waals surface area contributed by atoms with Crippen molar-refractivity contribution >= 4 is 40.5 Å². The van der Waals surface area contributed by atoms with Gasteiger partial charge in [0.15, 0.2) is 0 Å². The number of benzene rings is 1. The Morgan fingerprint density at radius 2 is 1.92 bits per heavy atom. The van der Waals surface area contributed by atoms with E-state index in [1.54, 1.807) is 44.4 Å². The third kappa shape index (κ3) is 7.52. The van der Waals surface area contributed by atoms with Gasteiger partial charge in [-0.3, -0.25) is 9.59 Å². The zero-order chi connectivity index (χ0) is 27.8. The van der Waals surface area contributed by atoms with Crippen LogP contribution in [0.15, 0.2) is 46.2 Å². The molecule has 0 saturated carbocycles. The molecule has 0 radical (unpaired) electrons. The van der Waals surface area contributed by atoms with Gasteiger partial charge in [0, 0.05) is 17.5 Å². The number of amides is 2. The van der Waals surface area contributed by atoms with Gasteiger partial charge in [0.1, 0.15) is 5.75 Å². The maximum Gasteiger partial charge on any atom is 0.438 e. The SMILES string of the molecule is CCOC(=O)c1ccsc1.COc1ccccc1NC(=O)C(=O)N1N=C(CC(C)C)CC1(O)C(F)(F)F. The van der Waals surface area contributed by atoms with Crippen molar-refractivity contribution in [2.24, 2.45) is 11.0 Å². The molecule has 1 atom stereocenters. The number of carbonyl (C=O) groups is 3. The zero-order valence-electron chi connectivity index (χ0n) is 20.7. The van der Waals surface area contributed by atoms with Crippen LogP contribution in [0.25, 0.3) is 0 Å². The van der Waals surface area contributed by atoms with Crippen LogP contribution in [0.3, 0.4) is 0 Å². The van der Waals surface area contributed by atoms with Gasteiger partial charge < -0.3 is 19.9 Å². The highest BCUT2D eigenvalue weighted by Gasteiger charge is 2.63. The van der Waals surface area contributed by atoms with E-state index < -0.39 is 30.1 Å². The zero-order valence-corrected chi connectivity index (χ0v) is 21.5. The minimum Gasteiger partial charge on any atom is -0.495 e. The molecular formula is C24H28F3N3O6S. The summed E-state index contributed by atoms with van der Waals surface area (Å²) in [5.74, 6) is -3.06. The van der Waals surface area contributed by atoms with Crippen LogP contribution >= 0.6 is 11.3 Å². The number of anilines is 1. The van der Waals surface area contributed by atoms with Crippen molar-refractivity contribution < 1.29 is 42.1 Å². The van der Waals surface area contributed by atoms with E-state index in [9.17, 15) is 32.7 Å². The molecule has 2 heterocycles. The van der Waals surface area contributed by atoms with E-state index in [0.29, 0.717) is 12.2 Å². The molecule has 1 aliphatic heterocycles. The Balaban J connectivity index is 0.000000402. The second kappa shape index (κ2) is 12.7. The molecule has 2 N–H and O–H groups in total. The van der Waals surface area contributed by atoms with Crippen LogP contribution < -0.4 is 10.1 Å². The van der Waals surface area contributed by atoms with Gasteiger partial charge in [-0.15, -0.1) is 0 Å². The summed E-state index contributed by atoms with van der Waals surface area (Å²) in [5.41, 5.74) is -2.83. The number of ether oxygens (including phenoxy) is 2. The Kier molecular flexibility index (Phi) is 10.2. The minimum absolute atomic E-state index is 0.0109. The highest BCUT2D eigenvalue weighted by atomic mass is 32.1. The van der Waals surface area contributed by atoms with Crippen LogP contribution in [0.1, 0.15) is 44.0 Å². The molecule has 1 aromatic carbocycles. The first kappa shape index (κ1) is 29.8. The molecule has 202 valence electrons. The summed E-state index contributed by atoms with van der Waals surface area (Å²) in [6.07, 6.45) is -5.94. The number of hydrogen-bond acceptors (Lipinski definition) is 8. The second-order valence-corrected chi connectivity index (χ2v) is 9.04. The van der Waals surface area contributed by atoms with Crippen molar-refractivity contribution in [2.45, 2.75) is 45.5 Å². The van der Waals surface area contributed by atoms with E-state index in [-0.39, 0.29) is 40.5 Å². The number of carbonyl (C=O) groups excluding carboxylic acids is 3. The fraction of sp³-hybridized carbons (Fsp3) is 0.417. The summed E-state index contributed by atoms with van der Waals surface area (Å²) in [4.78, 5) is 35.4. The van der Waals surface area contributed by atoms with E-state index >= 15 is 0 Å². The van der Waals surface area contributed by atoms with Crippen molar-refractivity contribution in [3.63, 3.8) is 0 Å². The van der Waals surface area contributed by atoms with Crippen molar-refractivity contribution in [1.82, 2.24) is 5.01 Å². The second-order valence-electron chi connectivity index (χ2n) is 8.26. The number of halogens is 3. The molecule has 0 saturated heterocycles. The summed E-state index contributed by atoms with van der Waals surface area (Å²) in [6.45, 7) is 5.75. The first-order valence-electron chi connectivity index (χ1n) is 11.2. The van der Waals surface area contributed by atoms with Gasteiger partial charge in [-0.1, -0.05) is 26.0 Å². The maximum absolute atomic E-state index is 13.4. The number of aliphatic hydroxyl groups is 1. The van der Waals surface area contributed by atoms with Crippen LogP contribution in [-0.4, -0.2) is 59.2 Å². The van der Waals surface area contributed by atoms with Gasteiger partial charge in [-0.25, -0.2) is 4.79 Å². The molecule has 0 fully saturated rings. The van der Waals surface area contributed by atoms with Crippen molar-refractivity contribution in [2.75, 3.05) is 19.0 Å². The number of para-hydroxylation sites is 2. The number of alkyl halides is 3. The number of rotatable bonds is 6. The van der Waals surface area contributed by atoms with Crippen LogP contribution in [0.5, 0.6) is 5.75 Å². The quantitative estimate of drug-likeness (QED) is 0.411. The molecule has 1 aliphatic rings. The third-order valence-corrected chi connectivity index (χ3v) is 5.60. The predicted octanol–water partition coefficient (Wildman–Crippen LogP) is 4.44. The van der Waals surface area contributed by atoms with Crippen LogP contribution in [-0.2, 0) is 14.3 Å². The first-order chi connectivity index (χ1) is 17.3. The van der Waals surface area contributed by atoms with E-state index in [0.717, 1.165) is 0 Å². The number of nitrogens with zero attached hydrogens (tertiary/aromatic N) is 2. The van der Waals surface area contributed by atoms with E-state index in [1.165, 1.54) is 30.6 Å². The fourth-order valence-corrected chi connectivity index (χ4v) is 3.88. The normalized spacial score (nSPS) is 17.0. The average molecular weight is 544 g/mol. The fourth-order valence-electron chi connectivity index (χ4n) is 3.25. The molecule has 0 bridgehead atoms. The van der Waals surface area contributed by atoms with Gasteiger partial charge >= 0.3 is 24.0 Å². The van der Waals surface area contributed by atoms with Gasteiger partial charge in [-0.05, 0) is 42.8 Å². The minimum atomic E-state index is -5.18. The van der Waals surface area contributed by atoms with E-state index in [4.69, 9.17) is 9.47 Å². The number of nitrogens with one attached hydrogen (secondary N) is 1. The monoisotopic (exact) mass is 543 g/mol. The Bertz CT molecular complexity index is 1120. The maximum atomic E-state index is 13.4. The first-order valence-corrected chi connectivity index (χ1v) is 12.1. The largest absolute Gasteiger partial charge is 0.495 e. The van der Waals surface area contributed by atoms with E-state index in [2.05, 4.69) is 10.4 Å². The molecule has 37 heavy (non-hydrogen) atoms. The smallest absolute Gasteiger partial charge is 0.438 e. The lowest BCUT2D eigenvalue weighted by atomic mass is 9.99. The topological polar surface area (TPSA) is 118 Å². The van der Waals surface area contributed by atoms with Crippen LogP contribution in [0.2, 0.25) is 0 Å². The summed E-state index contributed by atoms with van der Waals surface area (Å²) in [7, 11) is 1.33. The number of thiophene rings is 1. The molecule has 2 aromatic rings. The summed E-state index contributed by atoms with van der Waals surface area (Å²) < 4.78 is 50.0. The molecule has 13 heteroatoms. The van der Waals surface area contributed by atoms with Gasteiger partial charge in [0.25, 0.3) is 5.72 Å². The van der Waals surface area contributed by atoms with Gasteiger partial charge in [0.2, 0.25) is 0 Å². The van der Waals surface area contributed by atoms with Crippen LogP contribution in [0.4, 0.5) is 18.9 Å². The van der Waals surface area contributed by atoms with E-state index in [1.807, 2.05) is 5.38 Å². The lowest BCUT2D eigenvalue weighted by Crippen LogP contribution is -2.58. The summed E-state index contributed by atoms with van der Waals surface area (Å²) in [6, 6.07) is 7.83. The molecule has 1 unspecified atom stereocenters. The Labute approximate surface area is 215 Å². The summed E-state index contributed by atoms with van der Waals surface area (Å²) >= 11 is 1.49. The lowest BCUT2D eigenvalue weighted by molar-refractivity contribution is -0.301. The average Bonchev–Trinajstić information content (AvgIpc) is 3.48. The van der Waals surface area contributed by atoms with Crippen molar-refractivity contribution in [1.29, 1.82) is 0 Å². The number of esters is 1. The molecule has 3 rings (SSSR count). The standard InChI is InChI=1S/C17H20F3N3O4.C7H8O2S/c1-10(2)8-11-9-16(26,17(18,19)20)23(22-11)15(25)14(24)21-12-6-4-5-7-13(12)27-3;1-2-9-7(8)6-3-4-10-5-6/h4-7,10,26H,8-9H2,1-3H3,(H,21,24);3-5H,2H2,1H3. The van der Waals surface area contributed by atoms with Crippen molar-refractivity contribution in [3.05, 3.63) is 46.7 Å². The highest BCUT2D eigenvalue weighted by Crippen LogP contribution is 2.41. The number of methoxy groups -OCH3 is 1. The number of hydrazone groups is 1. The lowest BCUT2D eigenvalue weighted by Gasteiger charge is -2.32. The van der Waals surface area contributed by atoms with Crippen LogP contribution in [0, 0.1) is 5.92 Å². The molecule has 9 nitrogen and oxygen atoms in total. The Morgan fingerprint density at radius 1 is 1.24 bits per heavy atom. The third-order valence-electron chi connectivity index (χ3n) is 4.91.